The Morgan fingerprint density at radius 1 is 0.403 bits per heavy atom. The van der Waals surface area contributed by atoms with E-state index in [0.29, 0.717) is 36.5 Å². The van der Waals surface area contributed by atoms with E-state index in [9.17, 15) is 34.2 Å². The molecule has 0 heterocycles. The summed E-state index contributed by atoms with van der Waals surface area (Å²) in [6.45, 7) is 31.0. The number of esters is 3. The van der Waals surface area contributed by atoms with Gasteiger partial charge >= 0.3 is 17.9 Å². The highest BCUT2D eigenvalue weighted by Gasteiger charge is 2.19. The van der Waals surface area contributed by atoms with Gasteiger partial charge in [0.25, 0.3) is 0 Å². The van der Waals surface area contributed by atoms with Gasteiger partial charge in [-0.2, -0.15) is 0 Å². The van der Waals surface area contributed by atoms with Crippen LogP contribution in [-0.4, -0.2) is 125 Å². The van der Waals surface area contributed by atoms with Gasteiger partial charge in [0.1, 0.15) is 59.1 Å². The fourth-order valence-corrected chi connectivity index (χ4v) is 5.00. The number of hydrogen-bond acceptors (Lipinski definition) is 10. The predicted molar refractivity (Wildman–Crippen MR) is 258 cm³/mol. The zero-order valence-corrected chi connectivity index (χ0v) is 42.6. The number of carbonyl (C=O) groups is 5. The first kappa shape index (κ1) is 65.2. The number of carbonyl (C=O) groups excluding carboxylic acids is 5. The molecule has 370 valence electrons. The maximum atomic E-state index is 11.3. The Bertz CT molecular complexity index is 1790. The van der Waals surface area contributed by atoms with Crippen LogP contribution in [0, 0.1) is 0 Å². The molecule has 0 atom stereocenters. The van der Waals surface area contributed by atoms with Gasteiger partial charge in [-0.25, -0.2) is 14.4 Å². The number of halogens is 1. The van der Waals surface area contributed by atoms with Crippen molar-refractivity contribution in [1.29, 1.82) is 0 Å². The first-order chi connectivity index (χ1) is 30.5. The van der Waals surface area contributed by atoms with E-state index in [0.717, 1.165) is 52.7 Å². The largest absolute Gasteiger partial charge is 1.00 e. The van der Waals surface area contributed by atoms with Gasteiger partial charge in [0.2, 0.25) is 0 Å². The average Bonchev–Trinajstić information content (AvgIpc) is 3.21. The molecule has 0 spiro atoms. The third-order valence-corrected chi connectivity index (χ3v) is 8.89. The van der Waals surface area contributed by atoms with Crippen molar-refractivity contribution >= 4 is 29.8 Å². The lowest BCUT2D eigenvalue weighted by molar-refractivity contribution is -0.903. The molecule has 0 aliphatic carbocycles. The van der Waals surface area contributed by atoms with Crippen molar-refractivity contribution < 1.29 is 74.3 Å². The summed E-state index contributed by atoms with van der Waals surface area (Å²) < 4.78 is 17.7. The number of benzene rings is 3. The van der Waals surface area contributed by atoms with E-state index in [1.54, 1.807) is 20.8 Å². The van der Waals surface area contributed by atoms with Gasteiger partial charge in [0.05, 0.1) is 54.2 Å². The molecular formula is C53H76ClN3O10. The Labute approximate surface area is 407 Å². The molecule has 0 saturated heterocycles. The minimum absolute atomic E-state index is 0. The number of rotatable bonds is 20. The van der Waals surface area contributed by atoms with E-state index in [-0.39, 0.29) is 41.5 Å². The number of carboxylic acid groups (broad SMARTS) is 2. The van der Waals surface area contributed by atoms with Gasteiger partial charge in [-0.3, -0.25) is 0 Å². The van der Waals surface area contributed by atoms with Crippen LogP contribution >= 0.6 is 0 Å². The van der Waals surface area contributed by atoms with E-state index >= 15 is 0 Å². The molecular weight excluding hydrogens is 874 g/mol. The third kappa shape index (κ3) is 36.8. The van der Waals surface area contributed by atoms with Crippen LogP contribution in [-0.2, 0) is 57.8 Å². The van der Waals surface area contributed by atoms with Gasteiger partial charge < -0.3 is 59.9 Å². The van der Waals surface area contributed by atoms with Crippen molar-refractivity contribution in [2.75, 3.05) is 81.7 Å². The second-order valence-corrected chi connectivity index (χ2v) is 17.8. The Kier molecular flexibility index (Phi) is 33.3. The number of carboxylic acids is 2. The van der Waals surface area contributed by atoms with Crippen molar-refractivity contribution in [2.24, 2.45) is 0 Å². The summed E-state index contributed by atoms with van der Waals surface area (Å²) in [4.78, 5) is 52.8. The summed E-state index contributed by atoms with van der Waals surface area (Å²) >= 11 is 0. The quantitative estimate of drug-likeness (QED) is 0.0714. The molecule has 0 saturated carbocycles. The molecule has 0 unspecified atom stereocenters. The molecule has 67 heavy (non-hydrogen) atoms. The van der Waals surface area contributed by atoms with Crippen LogP contribution < -0.4 is 22.6 Å². The maximum absolute atomic E-state index is 11.3. The molecule has 0 aliphatic rings. The first-order valence-corrected chi connectivity index (χ1v) is 21.3. The normalized spacial score (nSPS) is 10.3. The van der Waals surface area contributed by atoms with E-state index < -0.39 is 11.9 Å². The van der Waals surface area contributed by atoms with Crippen molar-refractivity contribution in [3.63, 3.8) is 0 Å². The lowest BCUT2D eigenvalue weighted by Crippen LogP contribution is -3.00. The van der Waals surface area contributed by atoms with Gasteiger partial charge in [0, 0.05) is 33.4 Å². The second-order valence-electron chi connectivity index (χ2n) is 17.8. The summed E-state index contributed by atoms with van der Waals surface area (Å²) in [5, 5.41) is 19.0. The molecule has 3 aromatic rings. The van der Waals surface area contributed by atoms with Crippen molar-refractivity contribution in [3.8, 4) is 0 Å². The van der Waals surface area contributed by atoms with Crippen LogP contribution in [0.5, 0.6) is 0 Å². The van der Waals surface area contributed by atoms with Crippen LogP contribution in [0.15, 0.2) is 152 Å². The standard InChI is InChI=1S/3C15H22NO2.2C4H6O2.ClH/c3*1-13(2)15(17)18-11-10-16(3,4)12-14-8-6-5-7-9-14;2*1-3(2)4(5)6;/h3*5-9H,1,10-12H2,2-4H3;2*1H2,2H3,(H,5,6);1H/q3*+1;;;/p-3. The summed E-state index contributed by atoms with van der Waals surface area (Å²) in [6, 6.07) is 30.9. The van der Waals surface area contributed by atoms with Gasteiger partial charge in [0.15, 0.2) is 0 Å². The average molecular weight is 951 g/mol. The summed E-state index contributed by atoms with van der Waals surface area (Å²) in [6.07, 6.45) is 0. The number of aliphatic carboxylic acids is 2. The highest BCUT2D eigenvalue weighted by atomic mass is 35.5. The molecule has 0 radical (unpaired) electrons. The Morgan fingerprint density at radius 3 is 0.731 bits per heavy atom. The van der Waals surface area contributed by atoms with E-state index in [2.05, 4.69) is 112 Å². The molecule has 0 aliphatic heterocycles. The lowest BCUT2D eigenvalue weighted by Gasteiger charge is -2.29. The van der Waals surface area contributed by atoms with Crippen LogP contribution in [0.1, 0.15) is 51.3 Å². The number of hydrogen-bond donors (Lipinski definition) is 0. The fraction of sp³-hybridized carbons (Fsp3) is 0.377. The van der Waals surface area contributed by atoms with Crippen LogP contribution in [0.3, 0.4) is 0 Å². The van der Waals surface area contributed by atoms with Gasteiger partial charge in [-0.1, -0.05) is 124 Å². The van der Waals surface area contributed by atoms with Crippen molar-refractivity contribution in [2.45, 2.75) is 54.3 Å². The molecule has 3 rings (SSSR count). The molecule has 3 aromatic carbocycles. The van der Waals surface area contributed by atoms with Crippen molar-refractivity contribution in [1.82, 2.24) is 0 Å². The summed E-state index contributed by atoms with van der Waals surface area (Å²) in [7, 11) is 12.8. The van der Waals surface area contributed by atoms with E-state index in [1.807, 2.05) is 54.6 Å². The Hall–Kier alpha value is -6.12. The first-order valence-electron chi connectivity index (χ1n) is 21.3. The predicted octanol–water partition coefficient (Wildman–Crippen LogP) is 2.78. The Morgan fingerprint density at radius 2 is 0.582 bits per heavy atom. The second kappa shape index (κ2) is 34.2. The number of quaternary nitrogens is 3. The number of nitrogens with zero attached hydrogens (tertiary/aromatic N) is 3. The molecule has 0 bridgehead atoms. The number of ether oxygens (including phenoxy) is 3. The molecule has 13 nitrogen and oxygen atoms in total. The molecule has 0 amide bonds. The van der Waals surface area contributed by atoms with Gasteiger partial charge in [-0.15, -0.1) is 0 Å². The summed E-state index contributed by atoms with van der Waals surface area (Å²) in [5.41, 5.74) is 5.33. The SMILES string of the molecule is C=C(C)C(=O)OCC[N+](C)(C)Cc1ccccc1.C=C(C)C(=O)OCC[N+](C)(C)Cc1ccccc1.C=C(C)C(=O)OCC[N+](C)(C)Cc1ccccc1.C=C(C)C(=O)[O-].C=C(C)C(=O)[O-].[Cl-]. The van der Waals surface area contributed by atoms with E-state index in [1.165, 1.54) is 30.5 Å². The third-order valence-electron chi connectivity index (χ3n) is 8.89. The molecule has 0 fully saturated rings. The Balaban J connectivity index is -0.000000810. The summed E-state index contributed by atoms with van der Waals surface area (Å²) in [5.74, 6) is -3.30. The molecule has 0 aromatic heterocycles. The number of likely N-dealkylation sites (N-methyl/N-ethyl adjacent to an activating group) is 3. The van der Waals surface area contributed by atoms with Crippen LogP contribution in [0.4, 0.5) is 0 Å². The lowest BCUT2D eigenvalue weighted by atomic mass is 10.2. The monoisotopic (exact) mass is 950 g/mol. The van der Waals surface area contributed by atoms with Crippen molar-refractivity contribution in [3.05, 3.63) is 168 Å². The smallest absolute Gasteiger partial charge is 0.333 e. The maximum Gasteiger partial charge on any atom is 0.333 e. The van der Waals surface area contributed by atoms with Gasteiger partial charge in [-0.05, 0) is 45.8 Å². The highest BCUT2D eigenvalue weighted by molar-refractivity contribution is 5.87. The zero-order valence-electron chi connectivity index (χ0n) is 41.9. The minimum atomic E-state index is -1.19. The van der Waals surface area contributed by atoms with Crippen LogP contribution in [0.25, 0.3) is 0 Å². The van der Waals surface area contributed by atoms with E-state index in [4.69, 9.17) is 14.2 Å². The zero-order chi connectivity index (χ0) is 51.1. The topological polar surface area (TPSA) is 159 Å². The molecule has 14 heteroatoms. The van der Waals surface area contributed by atoms with Crippen LogP contribution in [0.2, 0.25) is 0 Å². The highest BCUT2D eigenvalue weighted by Crippen LogP contribution is 2.11. The molecule has 0 N–H and O–H groups in total. The minimum Gasteiger partial charge on any atom is -1.00 e. The fourth-order valence-electron chi connectivity index (χ4n) is 5.00.